The van der Waals surface area contributed by atoms with Crippen molar-refractivity contribution in [2.24, 2.45) is 0 Å². The first-order chi connectivity index (χ1) is 14.5. The molecule has 148 valence electrons. The van der Waals surface area contributed by atoms with Crippen LogP contribution in [0, 0.1) is 20.2 Å². The van der Waals surface area contributed by atoms with Crippen LogP contribution in [0.15, 0.2) is 77.6 Å². The van der Waals surface area contributed by atoms with Gasteiger partial charge in [-0.3, -0.25) is 29.6 Å². The number of nitro benzene ring substituents is 2. The monoisotopic (exact) mass is 402 g/mol. The smallest absolute Gasteiger partial charge is 0.268 e. The van der Waals surface area contributed by atoms with E-state index in [2.05, 4.69) is 4.98 Å². The largest absolute Gasteiger partial charge is 0.279 e. The molecule has 1 aromatic heterocycles. The highest BCUT2D eigenvalue weighted by molar-refractivity contribution is 5.78. The molecule has 3 aromatic carbocycles. The maximum Gasteiger partial charge on any atom is 0.279 e. The average Bonchev–Trinajstić information content (AvgIpc) is 2.74. The molecule has 0 radical (unpaired) electrons. The van der Waals surface area contributed by atoms with Crippen LogP contribution in [-0.2, 0) is 6.42 Å². The zero-order valence-electron chi connectivity index (χ0n) is 15.5. The van der Waals surface area contributed by atoms with E-state index in [0.29, 0.717) is 22.4 Å². The van der Waals surface area contributed by atoms with Gasteiger partial charge in [-0.2, -0.15) is 0 Å². The van der Waals surface area contributed by atoms with Crippen LogP contribution in [0.3, 0.4) is 0 Å². The second kappa shape index (κ2) is 7.55. The molecule has 0 aliphatic heterocycles. The van der Waals surface area contributed by atoms with Crippen LogP contribution in [0.25, 0.3) is 16.6 Å². The van der Waals surface area contributed by atoms with E-state index in [9.17, 15) is 25.0 Å². The van der Waals surface area contributed by atoms with E-state index in [-0.39, 0.29) is 23.2 Å². The molecule has 0 saturated heterocycles. The third-order valence-corrected chi connectivity index (χ3v) is 4.68. The van der Waals surface area contributed by atoms with E-state index < -0.39 is 15.5 Å². The molecule has 0 fully saturated rings. The molecule has 0 unspecified atom stereocenters. The van der Waals surface area contributed by atoms with Gasteiger partial charge in [-0.05, 0) is 30.3 Å². The van der Waals surface area contributed by atoms with Crippen molar-refractivity contribution in [1.29, 1.82) is 0 Å². The minimum absolute atomic E-state index is 0.0523. The van der Waals surface area contributed by atoms with Crippen molar-refractivity contribution in [3.05, 3.63) is 115 Å². The number of aromatic nitrogens is 2. The molecule has 0 aliphatic carbocycles. The van der Waals surface area contributed by atoms with E-state index >= 15 is 0 Å². The van der Waals surface area contributed by atoms with E-state index in [1.807, 2.05) is 6.07 Å². The van der Waals surface area contributed by atoms with Crippen LogP contribution in [0.1, 0.15) is 11.4 Å². The fourth-order valence-corrected chi connectivity index (χ4v) is 3.30. The quantitative estimate of drug-likeness (QED) is 0.370. The van der Waals surface area contributed by atoms with Crippen LogP contribution in [0.2, 0.25) is 0 Å². The predicted octanol–water partition coefficient (Wildman–Crippen LogP) is 3.79. The number of benzene rings is 3. The molecule has 30 heavy (non-hydrogen) atoms. The maximum atomic E-state index is 13.2. The van der Waals surface area contributed by atoms with Crippen molar-refractivity contribution < 1.29 is 9.85 Å². The molecule has 0 amide bonds. The number of nitrogens with zero attached hydrogens (tertiary/aromatic N) is 4. The summed E-state index contributed by atoms with van der Waals surface area (Å²) < 4.78 is 1.41. The topological polar surface area (TPSA) is 121 Å². The Morgan fingerprint density at radius 1 is 0.867 bits per heavy atom. The first-order valence-electron chi connectivity index (χ1n) is 8.93. The molecule has 0 N–H and O–H groups in total. The minimum atomic E-state index is -0.690. The first kappa shape index (κ1) is 18.9. The summed E-state index contributed by atoms with van der Waals surface area (Å²) in [5.74, 6) is 0.293. The van der Waals surface area contributed by atoms with Gasteiger partial charge in [0.15, 0.2) is 0 Å². The SMILES string of the molecule is O=c1c2ccccc2nc(Cc2ccc([N+](=O)[O-])cc2[N+](=O)[O-])n1-c1ccccc1. The van der Waals surface area contributed by atoms with Gasteiger partial charge in [0.2, 0.25) is 0 Å². The van der Waals surface area contributed by atoms with Gasteiger partial charge >= 0.3 is 0 Å². The Morgan fingerprint density at radius 2 is 1.57 bits per heavy atom. The zero-order chi connectivity index (χ0) is 21.3. The molecular weight excluding hydrogens is 388 g/mol. The van der Waals surface area contributed by atoms with Crippen molar-refractivity contribution in [2.75, 3.05) is 0 Å². The number of nitro groups is 2. The molecule has 0 bridgehead atoms. The number of non-ortho nitro benzene ring substituents is 1. The van der Waals surface area contributed by atoms with Crippen LogP contribution in [0.5, 0.6) is 0 Å². The Balaban J connectivity index is 1.95. The normalized spacial score (nSPS) is 10.8. The molecule has 9 heteroatoms. The van der Waals surface area contributed by atoms with Crippen LogP contribution in [0.4, 0.5) is 11.4 Å². The van der Waals surface area contributed by atoms with Crippen LogP contribution >= 0.6 is 0 Å². The fraction of sp³-hybridized carbons (Fsp3) is 0.0476. The van der Waals surface area contributed by atoms with Gasteiger partial charge in [-0.1, -0.05) is 30.3 Å². The highest BCUT2D eigenvalue weighted by Crippen LogP contribution is 2.27. The highest BCUT2D eigenvalue weighted by Gasteiger charge is 2.22. The lowest BCUT2D eigenvalue weighted by molar-refractivity contribution is -0.394. The lowest BCUT2D eigenvalue weighted by Crippen LogP contribution is -2.24. The third-order valence-electron chi connectivity index (χ3n) is 4.68. The first-order valence-corrected chi connectivity index (χ1v) is 8.93. The minimum Gasteiger partial charge on any atom is -0.268 e. The summed E-state index contributed by atoms with van der Waals surface area (Å²) in [5, 5.41) is 22.9. The second-order valence-electron chi connectivity index (χ2n) is 6.53. The number of hydrogen-bond donors (Lipinski definition) is 0. The summed E-state index contributed by atoms with van der Waals surface area (Å²) in [4.78, 5) is 38.9. The van der Waals surface area contributed by atoms with Crippen LogP contribution < -0.4 is 5.56 Å². The van der Waals surface area contributed by atoms with Gasteiger partial charge in [0.25, 0.3) is 16.9 Å². The van der Waals surface area contributed by atoms with Crippen LogP contribution in [-0.4, -0.2) is 19.4 Å². The molecule has 0 atom stereocenters. The van der Waals surface area contributed by atoms with E-state index in [1.165, 1.54) is 16.7 Å². The van der Waals surface area contributed by atoms with Gasteiger partial charge in [0.1, 0.15) is 5.82 Å². The van der Waals surface area contributed by atoms with Gasteiger partial charge in [-0.15, -0.1) is 0 Å². The number of hydrogen-bond acceptors (Lipinski definition) is 6. The van der Waals surface area contributed by atoms with Gasteiger partial charge < -0.3 is 0 Å². The molecule has 0 saturated carbocycles. The second-order valence-corrected chi connectivity index (χ2v) is 6.53. The predicted molar refractivity (Wildman–Crippen MR) is 110 cm³/mol. The Bertz CT molecular complexity index is 1350. The van der Waals surface area contributed by atoms with Crippen molar-refractivity contribution in [1.82, 2.24) is 9.55 Å². The molecule has 4 aromatic rings. The lowest BCUT2D eigenvalue weighted by Gasteiger charge is -2.14. The molecule has 9 nitrogen and oxygen atoms in total. The molecule has 1 heterocycles. The zero-order valence-corrected chi connectivity index (χ0v) is 15.5. The number of fused-ring (bicyclic) bond motifs is 1. The summed E-state index contributed by atoms with van der Waals surface area (Å²) >= 11 is 0. The summed E-state index contributed by atoms with van der Waals surface area (Å²) in [6.07, 6.45) is -0.0523. The Kier molecular flexibility index (Phi) is 4.77. The lowest BCUT2D eigenvalue weighted by atomic mass is 10.1. The highest BCUT2D eigenvalue weighted by atomic mass is 16.6. The maximum absolute atomic E-state index is 13.2. The van der Waals surface area contributed by atoms with Crippen molar-refractivity contribution in [2.45, 2.75) is 6.42 Å². The van der Waals surface area contributed by atoms with E-state index in [4.69, 9.17) is 0 Å². The summed E-state index contributed by atoms with van der Waals surface area (Å²) in [7, 11) is 0. The average molecular weight is 402 g/mol. The molecule has 0 aliphatic rings. The van der Waals surface area contributed by atoms with E-state index in [0.717, 1.165) is 6.07 Å². The Labute approximate surface area is 169 Å². The number of para-hydroxylation sites is 2. The van der Waals surface area contributed by atoms with Gasteiger partial charge in [0, 0.05) is 18.1 Å². The third kappa shape index (κ3) is 3.39. The van der Waals surface area contributed by atoms with Crippen molar-refractivity contribution in [3.63, 3.8) is 0 Å². The molecule has 4 rings (SSSR count). The Hall–Kier alpha value is -4.40. The summed E-state index contributed by atoms with van der Waals surface area (Å²) in [6.45, 7) is 0. The number of rotatable bonds is 5. The van der Waals surface area contributed by atoms with Gasteiger partial charge in [-0.25, -0.2) is 4.98 Å². The summed E-state index contributed by atoms with van der Waals surface area (Å²) in [5.41, 5.74) is 0.182. The molecule has 0 spiro atoms. The fourth-order valence-electron chi connectivity index (χ4n) is 3.30. The van der Waals surface area contributed by atoms with Gasteiger partial charge in [0.05, 0.1) is 32.5 Å². The van der Waals surface area contributed by atoms with Crippen molar-refractivity contribution >= 4 is 22.3 Å². The standard InChI is InChI=1S/C21H14N4O5/c26-21-17-8-4-5-9-18(17)22-20(23(21)15-6-2-1-3-7-15)12-14-10-11-16(24(27)28)13-19(14)25(29)30/h1-11,13H,12H2. The summed E-state index contributed by atoms with van der Waals surface area (Å²) in [6, 6.07) is 19.1. The van der Waals surface area contributed by atoms with E-state index in [1.54, 1.807) is 48.5 Å². The Morgan fingerprint density at radius 3 is 2.27 bits per heavy atom. The van der Waals surface area contributed by atoms with Crippen molar-refractivity contribution in [3.8, 4) is 5.69 Å². The molecular formula is C21H14N4O5.